The molecule has 0 saturated carbocycles. The molecule has 0 aromatic heterocycles. The van der Waals surface area contributed by atoms with Crippen molar-refractivity contribution in [3.63, 3.8) is 0 Å². The molecule has 2 nitrogen and oxygen atoms in total. The van der Waals surface area contributed by atoms with E-state index >= 15 is 0 Å². The Morgan fingerprint density at radius 2 is 1.75 bits per heavy atom. The summed E-state index contributed by atoms with van der Waals surface area (Å²) in [6.45, 7) is 2.47. The van der Waals surface area contributed by atoms with Gasteiger partial charge in [-0.1, -0.05) is 59.6 Å². The van der Waals surface area contributed by atoms with Crippen molar-refractivity contribution in [1.29, 1.82) is 0 Å². The quantitative estimate of drug-likeness (QED) is 0.760. The zero-order chi connectivity index (χ0) is 16.5. The van der Waals surface area contributed by atoms with E-state index < -0.39 is 0 Å². The zero-order valence-corrected chi connectivity index (χ0v) is 14.8. The molecule has 2 unspecified atom stereocenters. The Bertz CT molecular complexity index is 739. The molecule has 0 amide bonds. The van der Waals surface area contributed by atoms with Gasteiger partial charge in [-0.2, -0.15) is 0 Å². The summed E-state index contributed by atoms with van der Waals surface area (Å²) in [6, 6.07) is 17.1. The summed E-state index contributed by atoms with van der Waals surface area (Å²) < 4.78 is 5.80. The molecule has 0 radical (unpaired) electrons. The Morgan fingerprint density at radius 3 is 2.46 bits per heavy atom. The third kappa shape index (κ3) is 3.38. The molecule has 4 rings (SSSR count). The van der Waals surface area contributed by atoms with Gasteiger partial charge in [0.1, 0.15) is 0 Å². The highest BCUT2D eigenvalue weighted by molar-refractivity contribution is 6.34. The molecule has 124 valence electrons. The van der Waals surface area contributed by atoms with Crippen LogP contribution in [0.4, 0.5) is 0 Å². The minimum atomic E-state index is 0.297. The fourth-order valence-electron chi connectivity index (χ4n) is 3.66. The van der Waals surface area contributed by atoms with Gasteiger partial charge in [-0.15, -0.1) is 0 Å². The maximum Gasteiger partial charge on any atom is 0.0658 e. The largest absolute Gasteiger partial charge is 0.378 e. The molecule has 0 aliphatic carbocycles. The van der Waals surface area contributed by atoms with E-state index in [2.05, 4.69) is 41.3 Å². The van der Waals surface area contributed by atoms with Gasteiger partial charge in [-0.25, -0.2) is 0 Å². The van der Waals surface area contributed by atoms with E-state index in [0.717, 1.165) is 31.7 Å². The Labute approximate surface area is 152 Å². The topological polar surface area (TPSA) is 12.5 Å². The minimum absolute atomic E-state index is 0.297. The van der Waals surface area contributed by atoms with E-state index in [4.69, 9.17) is 27.9 Å². The molecule has 1 fully saturated rings. The predicted octanol–water partition coefficient (Wildman–Crippen LogP) is 5.05. The third-order valence-corrected chi connectivity index (χ3v) is 5.22. The molecule has 24 heavy (non-hydrogen) atoms. The van der Waals surface area contributed by atoms with Gasteiger partial charge >= 0.3 is 0 Å². The number of morpholine rings is 1. The number of hydrogen-bond acceptors (Lipinski definition) is 2. The van der Waals surface area contributed by atoms with Crippen molar-refractivity contribution >= 4 is 28.8 Å². The van der Waals surface area contributed by atoms with Crippen molar-refractivity contribution < 1.29 is 4.74 Å². The van der Waals surface area contributed by atoms with Gasteiger partial charge in [-0.05, 0) is 41.3 Å². The number of fused-ring (bicyclic) bond motifs is 2. The van der Waals surface area contributed by atoms with Crippen LogP contribution in [0.1, 0.15) is 17.5 Å². The molecule has 2 aromatic rings. The van der Waals surface area contributed by atoms with Gasteiger partial charge < -0.3 is 4.74 Å². The number of ether oxygens (including phenoxy) is 1. The minimum Gasteiger partial charge on any atom is -0.378 e. The zero-order valence-electron chi connectivity index (χ0n) is 13.3. The third-order valence-electron chi connectivity index (χ3n) is 4.78. The highest BCUT2D eigenvalue weighted by Crippen LogP contribution is 2.35. The molecule has 2 bridgehead atoms. The predicted molar refractivity (Wildman–Crippen MR) is 99.4 cm³/mol. The first kappa shape index (κ1) is 16.2. The van der Waals surface area contributed by atoms with Crippen molar-refractivity contribution in [1.82, 2.24) is 4.90 Å². The second kappa shape index (κ2) is 6.89. The Balaban J connectivity index is 1.62. The fraction of sp³-hybridized carbons (Fsp3) is 0.300. The number of nitrogens with zero attached hydrogens (tertiary/aromatic N) is 1. The lowest BCUT2D eigenvalue weighted by Crippen LogP contribution is -2.53. The molecule has 2 aliphatic rings. The highest BCUT2D eigenvalue weighted by Gasteiger charge is 2.34. The van der Waals surface area contributed by atoms with Gasteiger partial charge in [0, 0.05) is 22.6 Å². The van der Waals surface area contributed by atoms with Crippen LogP contribution >= 0.6 is 23.2 Å². The summed E-state index contributed by atoms with van der Waals surface area (Å²) in [7, 11) is 0. The van der Waals surface area contributed by atoms with Crippen LogP contribution in [0.3, 0.4) is 0 Å². The maximum absolute atomic E-state index is 6.18. The Kier molecular flexibility index (Phi) is 4.64. The molecule has 2 atom stereocenters. The van der Waals surface area contributed by atoms with Crippen LogP contribution in [0.25, 0.3) is 5.57 Å². The first-order chi connectivity index (χ1) is 11.7. The number of benzene rings is 2. The summed E-state index contributed by atoms with van der Waals surface area (Å²) >= 11 is 12.4. The van der Waals surface area contributed by atoms with Crippen LogP contribution in [0.5, 0.6) is 0 Å². The summed E-state index contributed by atoms with van der Waals surface area (Å²) in [6.07, 6.45) is 3.28. The van der Waals surface area contributed by atoms with Crippen LogP contribution in [0.15, 0.2) is 54.6 Å². The Hall–Kier alpha value is -1.32. The van der Waals surface area contributed by atoms with Crippen LogP contribution < -0.4 is 0 Å². The Morgan fingerprint density at radius 1 is 1.00 bits per heavy atom. The summed E-state index contributed by atoms with van der Waals surface area (Å²) in [4.78, 5) is 2.55. The molecule has 0 N–H and O–H groups in total. The number of halogens is 2. The van der Waals surface area contributed by atoms with Crippen LogP contribution in [0, 0.1) is 0 Å². The van der Waals surface area contributed by atoms with Gasteiger partial charge in [0.05, 0.1) is 19.3 Å². The number of hydrogen-bond donors (Lipinski definition) is 0. The summed E-state index contributed by atoms with van der Waals surface area (Å²) in [5, 5.41) is 1.37. The fourth-order valence-corrected chi connectivity index (χ4v) is 4.18. The maximum atomic E-state index is 6.18. The van der Waals surface area contributed by atoms with Crippen molar-refractivity contribution in [2.24, 2.45) is 0 Å². The second-order valence-electron chi connectivity index (χ2n) is 6.47. The summed E-state index contributed by atoms with van der Waals surface area (Å²) in [5.74, 6) is 0. The number of rotatable bonds is 3. The highest BCUT2D eigenvalue weighted by atomic mass is 35.5. The van der Waals surface area contributed by atoms with E-state index in [0.29, 0.717) is 22.1 Å². The monoisotopic (exact) mass is 359 g/mol. The summed E-state index contributed by atoms with van der Waals surface area (Å²) in [5.41, 5.74) is 3.79. The van der Waals surface area contributed by atoms with Gasteiger partial charge in [0.15, 0.2) is 0 Å². The lowest BCUT2D eigenvalue weighted by molar-refractivity contribution is -0.0402. The van der Waals surface area contributed by atoms with Crippen molar-refractivity contribution in [3.05, 3.63) is 75.8 Å². The van der Waals surface area contributed by atoms with Crippen molar-refractivity contribution in [3.8, 4) is 0 Å². The van der Waals surface area contributed by atoms with Crippen molar-refractivity contribution in [2.75, 3.05) is 13.2 Å². The molecular formula is C20H19Cl2NO. The van der Waals surface area contributed by atoms with E-state index in [9.17, 15) is 0 Å². The first-order valence-corrected chi connectivity index (χ1v) is 8.99. The van der Waals surface area contributed by atoms with Crippen LogP contribution in [-0.4, -0.2) is 30.2 Å². The lowest BCUT2D eigenvalue weighted by Gasteiger charge is -2.45. The van der Waals surface area contributed by atoms with Crippen LogP contribution in [-0.2, 0) is 11.3 Å². The molecule has 2 aliphatic heterocycles. The normalized spacial score (nSPS) is 23.8. The molecule has 2 heterocycles. The first-order valence-electron chi connectivity index (χ1n) is 8.23. The van der Waals surface area contributed by atoms with Crippen molar-refractivity contribution in [2.45, 2.75) is 25.0 Å². The average Bonchev–Trinajstić information content (AvgIpc) is 2.54. The van der Waals surface area contributed by atoms with E-state index in [1.54, 1.807) is 6.07 Å². The molecule has 1 saturated heterocycles. The standard InChI is InChI=1S/C20H19Cl2NO/c21-17-6-15(7-18(22)10-17)16-8-19-12-24-13-20(9-16)23(19)11-14-4-2-1-3-5-14/h1-8,10,19-20H,9,11-13H2. The molecule has 0 spiro atoms. The van der Waals surface area contributed by atoms with Crippen LogP contribution in [0.2, 0.25) is 10.0 Å². The molecule has 2 aromatic carbocycles. The average molecular weight is 360 g/mol. The van der Waals surface area contributed by atoms with E-state index in [1.165, 1.54) is 11.1 Å². The van der Waals surface area contributed by atoms with E-state index in [-0.39, 0.29) is 0 Å². The van der Waals surface area contributed by atoms with Gasteiger partial charge in [0.25, 0.3) is 0 Å². The second-order valence-corrected chi connectivity index (χ2v) is 7.34. The smallest absolute Gasteiger partial charge is 0.0658 e. The van der Waals surface area contributed by atoms with Gasteiger partial charge in [-0.3, -0.25) is 4.90 Å². The lowest BCUT2D eigenvalue weighted by atomic mass is 9.89. The molecule has 4 heteroatoms. The SMILES string of the molecule is Clc1cc(Cl)cc(C2=CC3COCC(C2)N3Cc2ccccc2)c1. The van der Waals surface area contributed by atoms with Gasteiger partial charge in [0.2, 0.25) is 0 Å². The van der Waals surface area contributed by atoms with E-state index in [1.807, 2.05) is 12.1 Å². The molecular weight excluding hydrogens is 341 g/mol.